The van der Waals surface area contributed by atoms with E-state index in [0.717, 1.165) is 11.1 Å². The second-order valence-corrected chi connectivity index (χ2v) is 7.95. The van der Waals surface area contributed by atoms with Crippen LogP contribution >= 0.6 is 11.6 Å². The van der Waals surface area contributed by atoms with Crippen molar-refractivity contribution in [2.45, 2.75) is 0 Å². The van der Waals surface area contributed by atoms with Gasteiger partial charge in [0.15, 0.2) is 11.5 Å². The molecule has 0 fully saturated rings. The maximum Gasteiger partial charge on any atom is 0.238 e. The molecule has 4 aromatic rings. The van der Waals surface area contributed by atoms with Crippen LogP contribution in [0, 0.1) is 11.3 Å². The Kier molecular flexibility index (Phi) is 6.04. The first kappa shape index (κ1) is 22.4. The number of aliphatic imine (C=N–C) groups is 1. The maximum absolute atomic E-state index is 10.1. The molecule has 1 aliphatic heterocycles. The lowest BCUT2D eigenvalue weighted by molar-refractivity contribution is 0.174. The van der Waals surface area contributed by atoms with Gasteiger partial charge in [0, 0.05) is 29.0 Å². The summed E-state index contributed by atoms with van der Waals surface area (Å²) in [4.78, 5) is 4.49. The molecule has 2 heterocycles. The lowest BCUT2D eigenvalue weighted by Gasteiger charge is -2.06. The highest BCUT2D eigenvalue weighted by Crippen LogP contribution is 2.43. The van der Waals surface area contributed by atoms with Crippen molar-refractivity contribution in [3.63, 3.8) is 0 Å². The van der Waals surface area contributed by atoms with Gasteiger partial charge in [-0.05, 0) is 48.0 Å². The number of hydrogen-bond donors (Lipinski definition) is 0. The molecule has 0 aliphatic carbocycles. The number of nitrogens with zero attached hydrogens (tertiary/aromatic N) is 2. The molecule has 174 valence electrons. The highest BCUT2D eigenvalue weighted by molar-refractivity contribution is 6.33. The lowest BCUT2D eigenvalue weighted by atomic mass is 9.98. The molecule has 35 heavy (non-hydrogen) atoms. The number of ether oxygens (including phenoxy) is 4. The molecule has 0 amide bonds. The smallest absolute Gasteiger partial charge is 0.238 e. The molecule has 1 aliphatic rings. The van der Waals surface area contributed by atoms with Crippen molar-refractivity contribution in [1.29, 1.82) is 5.26 Å². The van der Waals surface area contributed by atoms with E-state index < -0.39 is 0 Å². The fourth-order valence-electron chi connectivity index (χ4n) is 3.75. The van der Waals surface area contributed by atoms with Crippen molar-refractivity contribution in [1.82, 2.24) is 0 Å². The van der Waals surface area contributed by atoms with E-state index in [1.54, 1.807) is 32.6 Å². The van der Waals surface area contributed by atoms with Gasteiger partial charge in [-0.2, -0.15) is 5.26 Å². The van der Waals surface area contributed by atoms with Gasteiger partial charge in [0.25, 0.3) is 0 Å². The van der Waals surface area contributed by atoms with E-state index in [1.807, 2.05) is 48.5 Å². The number of fused-ring (bicyclic) bond motifs is 1. The number of hydrogen-bond acceptors (Lipinski definition) is 7. The molecule has 0 atom stereocenters. The molecule has 0 saturated heterocycles. The Labute approximate surface area is 206 Å². The third-order valence-corrected chi connectivity index (χ3v) is 5.87. The average Bonchev–Trinajstić information content (AvgIpc) is 3.51. The van der Waals surface area contributed by atoms with Gasteiger partial charge in [-0.15, -0.1) is 0 Å². The Bertz CT molecular complexity index is 1450. The summed E-state index contributed by atoms with van der Waals surface area (Å²) in [5, 5.41) is 10.5. The van der Waals surface area contributed by atoms with Crippen molar-refractivity contribution >= 4 is 23.7 Å². The van der Waals surface area contributed by atoms with Gasteiger partial charge in [0.2, 0.25) is 12.7 Å². The van der Waals surface area contributed by atoms with Crippen LogP contribution in [0.2, 0.25) is 5.02 Å². The van der Waals surface area contributed by atoms with Crippen molar-refractivity contribution in [2.24, 2.45) is 4.99 Å². The van der Waals surface area contributed by atoms with Crippen LogP contribution in [0.1, 0.15) is 11.1 Å². The van der Waals surface area contributed by atoms with E-state index in [-0.39, 0.29) is 12.7 Å². The number of furan rings is 1. The zero-order chi connectivity index (χ0) is 24.4. The Morgan fingerprint density at radius 3 is 2.11 bits per heavy atom. The van der Waals surface area contributed by atoms with Gasteiger partial charge in [-0.1, -0.05) is 23.7 Å². The fraction of sp³-hybridized carbons (Fsp3) is 0.111. The van der Waals surface area contributed by atoms with Crippen LogP contribution in [0.25, 0.3) is 22.5 Å². The minimum atomic E-state index is 0.138. The summed E-state index contributed by atoms with van der Waals surface area (Å²) in [6.45, 7) is 0.138. The van der Waals surface area contributed by atoms with Gasteiger partial charge in [0.1, 0.15) is 28.9 Å². The van der Waals surface area contributed by atoms with Crippen LogP contribution in [0.15, 0.2) is 70.1 Å². The van der Waals surface area contributed by atoms with Gasteiger partial charge in [0.05, 0.1) is 19.2 Å². The molecular weight excluding hydrogens is 468 g/mol. The molecule has 8 heteroatoms. The number of nitriles is 1. The van der Waals surface area contributed by atoms with Crippen LogP contribution in [0.3, 0.4) is 0 Å². The van der Waals surface area contributed by atoms with Crippen LogP contribution in [-0.4, -0.2) is 27.2 Å². The highest BCUT2D eigenvalue weighted by atomic mass is 35.5. The molecule has 3 aromatic carbocycles. The van der Waals surface area contributed by atoms with Crippen molar-refractivity contribution < 1.29 is 23.4 Å². The summed E-state index contributed by atoms with van der Waals surface area (Å²) >= 11 is 6.39. The van der Waals surface area contributed by atoms with Crippen molar-refractivity contribution in [3.05, 3.63) is 76.8 Å². The minimum absolute atomic E-state index is 0.138. The fourth-order valence-corrected chi connectivity index (χ4v) is 3.96. The van der Waals surface area contributed by atoms with E-state index in [0.29, 0.717) is 50.5 Å². The Morgan fingerprint density at radius 1 is 0.914 bits per heavy atom. The second-order valence-electron chi connectivity index (χ2n) is 7.54. The summed E-state index contributed by atoms with van der Waals surface area (Å²) in [6, 6.07) is 20.5. The van der Waals surface area contributed by atoms with Crippen LogP contribution in [0.5, 0.6) is 23.0 Å². The summed E-state index contributed by atoms with van der Waals surface area (Å²) in [5.41, 5.74) is 3.10. The molecular formula is C27H19ClN2O5. The quantitative estimate of drug-likeness (QED) is 0.284. The SMILES string of the molecule is COc1ccc(-c2oc(N=Cc3cc4c(cc3Cl)OCO4)c(C#N)c2-c2ccc(OC)cc2)cc1. The Hall–Kier alpha value is -4.41. The van der Waals surface area contributed by atoms with Gasteiger partial charge < -0.3 is 23.4 Å². The first-order valence-corrected chi connectivity index (χ1v) is 11.0. The summed E-state index contributed by atoms with van der Waals surface area (Å²) in [6.07, 6.45) is 1.54. The molecule has 0 radical (unpaired) electrons. The van der Waals surface area contributed by atoms with Gasteiger partial charge in [-0.3, -0.25) is 0 Å². The van der Waals surface area contributed by atoms with Gasteiger partial charge in [-0.25, -0.2) is 4.99 Å². The second kappa shape index (κ2) is 9.45. The third-order valence-electron chi connectivity index (χ3n) is 5.55. The largest absolute Gasteiger partial charge is 0.497 e. The Balaban J connectivity index is 1.63. The molecule has 0 N–H and O–H groups in total. The van der Waals surface area contributed by atoms with E-state index in [4.69, 9.17) is 35.0 Å². The molecule has 1 aromatic heterocycles. The van der Waals surface area contributed by atoms with Crippen LogP contribution in [0.4, 0.5) is 5.88 Å². The molecule has 0 saturated carbocycles. The van der Waals surface area contributed by atoms with E-state index in [9.17, 15) is 5.26 Å². The predicted octanol–water partition coefficient (Wildman–Crippen LogP) is 6.64. The van der Waals surface area contributed by atoms with Gasteiger partial charge >= 0.3 is 0 Å². The number of methoxy groups -OCH3 is 2. The van der Waals surface area contributed by atoms with Crippen LogP contribution in [-0.2, 0) is 0 Å². The average molecular weight is 487 g/mol. The van der Waals surface area contributed by atoms with Crippen LogP contribution < -0.4 is 18.9 Å². The molecule has 7 nitrogen and oxygen atoms in total. The summed E-state index contributed by atoms with van der Waals surface area (Å²) in [5.74, 6) is 3.25. The normalized spacial score (nSPS) is 12.1. The molecule has 0 spiro atoms. The first-order chi connectivity index (χ1) is 17.1. The predicted molar refractivity (Wildman–Crippen MR) is 132 cm³/mol. The number of rotatable bonds is 6. The van der Waals surface area contributed by atoms with E-state index in [2.05, 4.69) is 11.1 Å². The van der Waals surface area contributed by atoms with Crippen molar-refractivity contribution in [3.8, 4) is 51.5 Å². The zero-order valence-corrected chi connectivity index (χ0v) is 19.6. The molecule has 5 rings (SSSR count). The molecule has 0 unspecified atom stereocenters. The van der Waals surface area contributed by atoms with Crippen molar-refractivity contribution in [2.75, 3.05) is 21.0 Å². The topological polar surface area (TPSA) is 86.2 Å². The number of halogens is 1. The van der Waals surface area contributed by atoms with E-state index >= 15 is 0 Å². The monoisotopic (exact) mass is 486 g/mol. The first-order valence-electron chi connectivity index (χ1n) is 10.6. The third kappa shape index (κ3) is 4.27. The van der Waals surface area contributed by atoms with E-state index in [1.165, 1.54) is 0 Å². The summed E-state index contributed by atoms with van der Waals surface area (Å²) in [7, 11) is 3.21. The maximum atomic E-state index is 10.1. The highest BCUT2D eigenvalue weighted by Gasteiger charge is 2.23. The minimum Gasteiger partial charge on any atom is -0.497 e. The summed E-state index contributed by atoms with van der Waals surface area (Å²) < 4.78 is 27.5. The zero-order valence-electron chi connectivity index (χ0n) is 18.9. The Morgan fingerprint density at radius 2 is 1.51 bits per heavy atom. The standard InChI is InChI=1S/C27H19ClN2O5/c1-31-19-7-3-16(4-8-19)25-21(13-29)27(35-26(25)17-5-9-20(32-2)10-6-17)30-14-18-11-23-24(12-22(18)28)34-15-33-23/h3-12,14H,15H2,1-2H3. The molecule has 0 bridgehead atoms. The lowest BCUT2D eigenvalue weighted by Crippen LogP contribution is -1.92. The number of benzene rings is 3.